The monoisotopic (exact) mass is 233 g/mol. The van der Waals surface area contributed by atoms with Crippen LogP contribution in [0.5, 0.6) is 0 Å². The van der Waals surface area contributed by atoms with E-state index in [-0.39, 0.29) is 0 Å². The SMILES string of the molecule is C[C@@H](N[C@@H](CO)C(F)(F)F)c1ccccc1. The van der Waals surface area contributed by atoms with Crippen LogP contribution in [0.4, 0.5) is 13.2 Å². The summed E-state index contributed by atoms with van der Waals surface area (Å²) >= 11 is 0. The first-order valence-electron chi connectivity index (χ1n) is 4.93. The maximum atomic E-state index is 12.4. The normalized spacial score (nSPS) is 15.8. The van der Waals surface area contributed by atoms with E-state index >= 15 is 0 Å². The molecule has 0 bridgehead atoms. The molecule has 0 aliphatic carbocycles. The molecule has 0 aliphatic heterocycles. The van der Waals surface area contributed by atoms with E-state index in [0.29, 0.717) is 0 Å². The molecule has 1 rings (SSSR count). The van der Waals surface area contributed by atoms with Crippen LogP contribution in [0.2, 0.25) is 0 Å². The minimum absolute atomic E-state index is 0.458. The van der Waals surface area contributed by atoms with Crippen LogP contribution in [0.15, 0.2) is 30.3 Å². The van der Waals surface area contributed by atoms with Crippen LogP contribution in [0.25, 0.3) is 0 Å². The first kappa shape index (κ1) is 13.0. The standard InChI is InChI=1S/C11H14F3NO/c1-8(9-5-3-2-4-6-9)15-10(7-16)11(12,13)14/h2-6,8,10,15-16H,7H2,1H3/t8-,10+/m1/s1. The third kappa shape index (κ3) is 3.50. The molecule has 1 aromatic rings. The number of alkyl halides is 3. The van der Waals surface area contributed by atoms with Gasteiger partial charge < -0.3 is 5.11 Å². The third-order valence-electron chi connectivity index (χ3n) is 2.33. The van der Waals surface area contributed by atoms with Crippen molar-refractivity contribution in [3.63, 3.8) is 0 Å². The predicted octanol–water partition coefficient (Wildman–Crippen LogP) is 2.26. The van der Waals surface area contributed by atoms with Gasteiger partial charge in [0.05, 0.1) is 6.61 Å². The molecule has 0 saturated heterocycles. The van der Waals surface area contributed by atoms with Crippen LogP contribution in [0.1, 0.15) is 18.5 Å². The van der Waals surface area contributed by atoms with Gasteiger partial charge in [-0.05, 0) is 12.5 Å². The lowest BCUT2D eigenvalue weighted by Gasteiger charge is -2.24. The van der Waals surface area contributed by atoms with Crippen molar-refractivity contribution < 1.29 is 18.3 Å². The lowest BCUT2D eigenvalue weighted by molar-refractivity contribution is -0.165. The molecule has 2 N–H and O–H groups in total. The highest BCUT2D eigenvalue weighted by atomic mass is 19.4. The molecule has 2 nitrogen and oxygen atoms in total. The Kier molecular flexibility index (Phi) is 4.32. The largest absolute Gasteiger partial charge is 0.406 e. The first-order chi connectivity index (χ1) is 7.45. The molecule has 0 spiro atoms. The zero-order valence-electron chi connectivity index (χ0n) is 8.83. The summed E-state index contributed by atoms with van der Waals surface area (Å²) in [5.74, 6) is 0. The molecule has 1 aromatic carbocycles. The summed E-state index contributed by atoms with van der Waals surface area (Å²) in [4.78, 5) is 0. The van der Waals surface area contributed by atoms with E-state index in [1.165, 1.54) is 0 Å². The Morgan fingerprint density at radius 1 is 1.25 bits per heavy atom. The second-order valence-corrected chi connectivity index (χ2v) is 3.58. The number of aliphatic hydroxyl groups is 1. The van der Waals surface area contributed by atoms with Gasteiger partial charge in [0.15, 0.2) is 0 Å². The second kappa shape index (κ2) is 5.32. The van der Waals surface area contributed by atoms with Crippen molar-refractivity contribution in [3.05, 3.63) is 35.9 Å². The van der Waals surface area contributed by atoms with Gasteiger partial charge in [-0.2, -0.15) is 13.2 Å². The molecule has 0 aliphatic rings. The molecule has 0 saturated carbocycles. The van der Waals surface area contributed by atoms with Gasteiger partial charge in [-0.1, -0.05) is 30.3 Å². The minimum Gasteiger partial charge on any atom is -0.394 e. The summed E-state index contributed by atoms with van der Waals surface area (Å²) in [6.07, 6.45) is -4.43. The van der Waals surface area contributed by atoms with Crippen molar-refractivity contribution in [2.45, 2.75) is 25.2 Å². The summed E-state index contributed by atoms with van der Waals surface area (Å²) in [5.41, 5.74) is 0.755. The Bertz CT molecular complexity index is 313. The van der Waals surface area contributed by atoms with E-state index in [1.807, 2.05) is 0 Å². The van der Waals surface area contributed by atoms with Gasteiger partial charge in [0.2, 0.25) is 0 Å². The molecule has 90 valence electrons. The molecule has 0 radical (unpaired) electrons. The summed E-state index contributed by atoms with van der Waals surface area (Å²) < 4.78 is 37.1. The van der Waals surface area contributed by atoms with E-state index in [9.17, 15) is 13.2 Å². The lowest BCUT2D eigenvalue weighted by atomic mass is 10.1. The Morgan fingerprint density at radius 2 is 1.81 bits per heavy atom. The quantitative estimate of drug-likeness (QED) is 0.836. The average molecular weight is 233 g/mol. The van der Waals surface area contributed by atoms with E-state index < -0.39 is 24.9 Å². The van der Waals surface area contributed by atoms with Crippen LogP contribution >= 0.6 is 0 Å². The van der Waals surface area contributed by atoms with E-state index in [4.69, 9.17) is 5.11 Å². The molecule has 0 heterocycles. The van der Waals surface area contributed by atoms with Gasteiger partial charge in [0.25, 0.3) is 0 Å². The van der Waals surface area contributed by atoms with E-state index in [1.54, 1.807) is 37.3 Å². The van der Waals surface area contributed by atoms with Crippen LogP contribution in [0.3, 0.4) is 0 Å². The highest BCUT2D eigenvalue weighted by Gasteiger charge is 2.39. The summed E-state index contributed by atoms with van der Waals surface area (Å²) in [7, 11) is 0. The second-order valence-electron chi connectivity index (χ2n) is 3.58. The number of hydrogen-bond donors (Lipinski definition) is 2. The topological polar surface area (TPSA) is 32.3 Å². The Balaban J connectivity index is 2.67. The lowest BCUT2D eigenvalue weighted by Crippen LogP contribution is -2.45. The highest BCUT2D eigenvalue weighted by molar-refractivity contribution is 5.18. The van der Waals surface area contributed by atoms with Gasteiger partial charge in [-0.25, -0.2) is 0 Å². The molecule has 0 fully saturated rings. The van der Waals surface area contributed by atoms with E-state index in [0.717, 1.165) is 5.56 Å². The van der Waals surface area contributed by atoms with Crippen LogP contribution < -0.4 is 5.32 Å². The van der Waals surface area contributed by atoms with Crippen molar-refractivity contribution in [3.8, 4) is 0 Å². The van der Waals surface area contributed by atoms with Gasteiger partial charge in [0.1, 0.15) is 6.04 Å². The molecule has 16 heavy (non-hydrogen) atoms. The molecule has 0 amide bonds. The fourth-order valence-corrected chi connectivity index (χ4v) is 1.39. The van der Waals surface area contributed by atoms with Crippen molar-refractivity contribution in [2.24, 2.45) is 0 Å². The Hall–Kier alpha value is -1.07. The fourth-order valence-electron chi connectivity index (χ4n) is 1.39. The molecular weight excluding hydrogens is 219 g/mol. The number of rotatable bonds is 4. The first-order valence-corrected chi connectivity index (χ1v) is 4.93. The van der Waals surface area contributed by atoms with Crippen LogP contribution in [-0.4, -0.2) is 23.9 Å². The van der Waals surface area contributed by atoms with E-state index in [2.05, 4.69) is 5.32 Å². The number of benzene rings is 1. The van der Waals surface area contributed by atoms with Crippen molar-refractivity contribution in [2.75, 3.05) is 6.61 Å². The molecule has 5 heteroatoms. The number of hydrogen-bond acceptors (Lipinski definition) is 2. The highest BCUT2D eigenvalue weighted by Crippen LogP contribution is 2.22. The minimum atomic E-state index is -4.43. The molecule has 0 unspecified atom stereocenters. The predicted molar refractivity (Wildman–Crippen MR) is 54.9 cm³/mol. The van der Waals surface area contributed by atoms with Gasteiger partial charge in [0, 0.05) is 6.04 Å². The fraction of sp³-hybridized carbons (Fsp3) is 0.455. The summed E-state index contributed by atoms with van der Waals surface area (Å²) in [6.45, 7) is 0.671. The Morgan fingerprint density at radius 3 is 2.25 bits per heavy atom. The average Bonchev–Trinajstić information content (AvgIpc) is 2.25. The smallest absolute Gasteiger partial charge is 0.394 e. The van der Waals surface area contributed by atoms with Crippen LogP contribution in [-0.2, 0) is 0 Å². The third-order valence-corrected chi connectivity index (χ3v) is 2.33. The van der Waals surface area contributed by atoms with Crippen LogP contribution in [0, 0.1) is 0 Å². The zero-order chi connectivity index (χ0) is 12.2. The summed E-state index contributed by atoms with van der Waals surface area (Å²) in [5, 5.41) is 11.0. The Labute approximate surface area is 92.1 Å². The maximum absolute atomic E-state index is 12.4. The van der Waals surface area contributed by atoms with Gasteiger partial charge in [-0.3, -0.25) is 5.32 Å². The van der Waals surface area contributed by atoms with Crippen molar-refractivity contribution in [1.29, 1.82) is 0 Å². The molecule has 2 atom stereocenters. The van der Waals surface area contributed by atoms with Gasteiger partial charge in [-0.15, -0.1) is 0 Å². The zero-order valence-corrected chi connectivity index (χ0v) is 8.83. The molecular formula is C11H14F3NO. The van der Waals surface area contributed by atoms with Gasteiger partial charge >= 0.3 is 6.18 Å². The van der Waals surface area contributed by atoms with Crippen molar-refractivity contribution >= 4 is 0 Å². The number of halogens is 3. The number of nitrogens with one attached hydrogen (secondary N) is 1. The summed E-state index contributed by atoms with van der Waals surface area (Å²) in [6, 6.07) is 6.45. The van der Waals surface area contributed by atoms with Crippen molar-refractivity contribution in [1.82, 2.24) is 5.32 Å². The number of aliphatic hydroxyl groups excluding tert-OH is 1. The molecule has 0 aromatic heterocycles. The maximum Gasteiger partial charge on any atom is 0.406 e.